The van der Waals surface area contributed by atoms with Crippen LogP contribution < -0.4 is 35.8 Å². The summed E-state index contributed by atoms with van der Waals surface area (Å²) in [5, 5.41) is 38.0. The predicted molar refractivity (Wildman–Crippen MR) is 309 cm³/mol. The van der Waals surface area contributed by atoms with Gasteiger partial charge in [0.2, 0.25) is 17.7 Å². The van der Waals surface area contributed by atoms with Gasteiger partial charge < -0.3 is 68.9 Å². The number of hydrazine groups is 2. The number of aryl methyl sites for hydroxylation is 2. The maximum absolute atomic E-state index is 14.1. The minimum atomic E-state index is -1.14. The molecule has 4 heterocycles. The third-order valence-electron chi connectivity index (χ3n) is 14.0. The summed E-state index contributed by atoms with van der Waals surface area (Å²) >= 11 is 2.95. The van der Waals surface area contributed by atoms with Crippen molar-refractivity contribution < 1.29 is 62.5 Å². The number of rotatable bonds is 33. The lowest BCUT2D eigenvalue weighted by Crippen LogP contribution is -2.58. The number of aliphatic carboxylic acids is 1. The van der Waals surface area contributed by atoms with Gasteiger partial charge >= 0.3 is 5.97 Å². The number of carbonyl (C=O) groups is 4. The zero-order valence-electron chi connectivity index (χ0n) is 47.5. The molecule has 0 spiro atoms. The van der Waals surface area contributed by atoms with Crippen LogP contribution in [0.3, 0.4) is 0 Å². The van der Waals surface area contributed by atoms with E-state index in [9.17, 15) is 34.7 Å². The number of nitrogens with zero attached hydrogens (tertiary/aromatic N) is 6. The number of hydrogen-bond donors (Lipinski definition) is 6. The fraction of sp³-hybridized carbons (Fsp3) is 0.500. The van der Waals surface area contributed by atoms with E-state index in [-0.39, 0.29) is 45.9 Å². The van der Waals surface area contributed by atoms with Gasteiger partial charge in [-0.2, -0.15) is 5.26 Å². The highest BCUT2D eigenvalue weighted by molar-refractivity contribution is 7.99. The Kier molecular flexibility index (Phi) is 22.0. The number of likely N-dealkylation sites (tertiary alicyclic amines) is 1. The first-order valence-electron chi connectivity index (χ1n) is 27.6. The number of benzene rings is 3. The number of carboxylic acid groups (broad SMARTS) is 1. The fourth-order valence-corrected chi connectivity index (χ4v) is 10.9. The van der Waals surface area contributed by atoms with Crippen LogP contribution in [0, 0.1) is 36.0 Å². The lowest BCUT2D eigenvalue weighted by atomic mass is 9.85. The van der Waals surface area contributed by atoms with Gasteiger partial charge in [0.25, 0.3) is 0 Å². The number of para-hydroxylation sites is 3. The molecule has 1 saturated heterocycles. The first kappa shape index (κ1) is 62.0. The molecule has 3 aliphatic rings. The molecular weight excluding hydrogens is 1110 g/mol. The van der Waals surface area contributed by atoms with Crippen molar-refractivity contribution in [2.24, 2.45) is 10.8 Å². The molecule has 25 heteroatoms. The zero-order chi connectivity index (χ0) is 58.9. The number of thiazole rings is 1. The highest BCUT2D eigenvalue weighted by Gasteiger charge is 2.53. The van der Waals surface area contributed by atoms with Gasteiger partial charge in [0.1, 0.15) is 43.0 Å². The molecular formula is C58H74N10O13S2. The summed E-state index contributed by atoms with van der Waals surface area (Å²) in [5.74, 6) is -0.0422. The number of amides is 3. The number of thioether (sulfide) groups is 1. The number of fused-ring (bicyclic) bond motifs is 1. The number of β-amino-alcohol motifs (C(OH)–C–C–N with tert-alkyl or cyclic N) is 1. The number of hydrogen-bond acceptors (Lipinski definition) is 20. The molecule has 8 rings (SSSR count). The molecule has 3 amide bonds. The van der Waals surface area contributed by atoms with E-state index in [4.69, 9.17) is 33.2 Å². The van der Waals surface area contributed by atoms with E-state index in [1.54, 1.807) is 30.8 Å². The van der Waals surface area contributed by atoms with Crippen molar-refractivity contribution >= 4 is 57.8 Å². The molecule has 1 aliphatic carbocycles. The molecule has 23 nitrogen and oxygen atoms in total. The van der Waals surface area contributed by atoms with Crippen molar-refractivity contribution in [3.05, 3.63) is 94.9 Å². The smallest absolute Gasteiger partial charge is 0.323 e. The highest BCUT2D eigenvalue weighted by atomic mass is 32.2. The second kappa shape index (κ2) is 29.5. The Morgan fingerprint density at radius 1 is 0.904 bits per heavy atom. The molecule has 3 atom stereocenters. The molecule has 1 saturated carbocycles. The first-order chi connectivity index (χ1) is 40.0. The fourth-order valence-electron chi connectivity index (χ4n) is 9.29. The second-order valence-corrected chi connectivity index (χ2v) is 23.2. The van der Waals surface area contributed by atoms with Gasteiger partial charge in [0.05, 0.1) is 111 Å². The average molecular weight is 1180 g/mol. The van der Waals surface area contributed by atoms with Crippen molar-refractivity contribution in [2.45, 2.75) is 90.3 Å². The number of carboxylic acids is 1. The average Bonchev–Trinajstić information content (AvgIpc) is 3.84. The third kappa shape index (κ3) is 17.1. The zero-order valence-corrected chi connectivity index (χ0v) is 49.1. The van der Waals surface area contributed by atoms with Crippen LogP contribution in [0.4, 0.5) is 0 Å². The van der Waals surface area contributed by atoms with E-state index in [0.29, 0.717) is 106 Å². The van der Waals surface area contributed by atoms with Gasteiger partial charge in [-0.05, 0) is 67.5 Å². The lowest BCUT2D eigenvalue weighted by Gasteiger charge is -2.35. The van der Waals surface area contributed by atoms with Crippen molar-refractivity contribution in [1.29, 1.82) is 5.26 Å². The Bertz CT molecular complexity index is 3100. The topological polar surface area (TPSA) is 282 Å². The number of aromatic nitrogens is 3. The number of aliphatic hydroxyl groups excluding tert-OH is 1. The summed E-state index contributed by atoms with van der Waals surface area (Å²) in [6, 6.07) is 19.0. The standard InChI is InChI=1S/C58H74N10O13S2/c1-38-9-8-12-47(50(38)80-27-28-82-56-62-44-10-6-7-11-45(44)68(56)34-49(70)71)81-35-42-32-66(65-64-42)17-18-75-19-20-76-21-22-77-23-24-78-25-26-79-48-29-40(51-39(2)61-37-83-51)13-14-41(48)31-60-53(72)46-30-43(69)33-67(46)54(73)52(57(3,4)5)63-55(74)58(36-59)15-16-58/h6-14,29,32,37,43,46,52,64-65,69H,15-28,30-31,33-35H2,1-5H3,(H,60,72)(H,63,74)(H,70,71)/t43-,46+,52-/m1/s1. The third-order valence-corrected chi connectivity index (χ3v) is 15.9. The summed E-state index contributed by atoms with van der Waals surface area (Å²) < 4.78 is 43.2. The van der Waals surface area contributed by atoms with Crippen LogP contribution in [-0.4, -0.2) is 168 Å². The summed E-state index contributed by atoms with van der Waals surface area (Å²) in [4.78, 5) is 63.9. The minimum Gasteiger partial charge on any atom is -0.491 e. The van der Waals surface area contributed by atoms with Crippen molar-refractivity contribution in [1.82, 2.24) is 46.0 Å². The molecule has 0 radical (unpaired) electrons. The number of imidazole rings is 1. The molecule has 6 N–H and O–H groups in total. The van der Waals surface area contributed by atoms with Crippen LogP contribution in [0.5, 0.6) is 17.2 Å². The molecule has 83 heavy (non-hydrogen) atoms. The summed E-state index contributed by atoms with van der Waals surface area (Å²) in [7, 11) is 0. The number of nitriles is 1. The molecule has 0 bridgehead atoms. The van der Waals surface area contributed by atoms with E-state index in [0.717, 1.165) is 38.4 Å². The van der Waals surface area contributed by atoms with E-state index >= 15 is 0 Å². The summed E-state index contributed by atoms with van der Waals surface area (Å²) in [5.41, 5.74) is 11.9. The molecule has 2 fully saturated rings. The molecule has 2 aliphatic heterocycles. The van der Waals surface area contributed by atoms with Crippen molar-refractivity contribution in [3.63, 3.8) is 0 Å². The van der Waals surface area contributed by atoms with Crippen LogP contribution in [0.1, 0.15) is 56.9 Å². The first-order valence-corrected chi connectivity index (χ1v) is 29.5. The van der Waals surface area contributed by atoms with Crippen LogP contribution in [0.25, 0.3) is 21.5 Å². The molecule has 3 aromatic carbocycles. The van der Waals surface area contributed by atoms with E-state index in [1.165, 1.54) is 28.0 Å². The van der Waals surface area contributed by atoms with Gasteiger partial charge in [0, 0.05) is 37.0 Å². The Hall–Kier alpha value is -7.02. The quantitative estimate of drug-likeness (QED) is 0.0234. The van der Waals surface area contributed by atoms with Crippen molar-refractivity contribution in [3.8, 4) is 33.8 Å². The Labute approximate surface area is 490 Å². The maximum atomic E-state index is 14.1. The number of aliphatic hydroxyl groups is 1. The van der Waals surface area contributed by atoms with Gasteiger partial charge in [-0.25, -0.2) is 9.97 Å². The monoisotopic (exact) mass is 1180 g/mol. The van der Waals surface area contributed by atoms with Gasteiger partial charge in [0.15, 0.2) is 16.7 Å². The van der Waals surface area contributed by atoms with Crippen LogP contribution >= 0.6 is 23.1 Å². The number of carbonyl (C=O) groups excluding carboxylic acids is 3. The molecule has 0 unspecified atom stereocenters. The molecule has 2 aromatic heterocycles. The van der Waals surface area contributed by atoms with Crippen LogP contribution in [0.2, 0.25) is 0 Å². The largest absolute Gasteiger partial charge is 0.491 e. The van der Waals surface area contributed by atoms with Gasteiger partial charge in [-0.15, -0.1) is 16.9 Å². The molecule has 5 aromatic rings. The number of ether oxygens (including phenoxy) is 7. The number of nitrogens with one attached hydrogen (secondary N) is 4. The van der Waals surface area contributed by atoms with Crippen LogP contribution in [-0.2, 0) is 51.2 Å². The van der Waals surface area contributed by atoms with E-state index in [2.05, 4.69) is 37.6 Å². The van der Waals surface area contributed by atoms with Gasteiger partial charge in [-0.3, -0.25) is 24.2 Å². The molecule has 446 valence electrons. The van der Waals surface area contributed by atoms with E-state index in [1.807, 2.05) is 85.7 Å². The SMILES string of the molecule is Cc1cccc(OCC2=CN(CCOCCOCCOCCOCCOc3cc(-c4scnc4C)ccc3CNC(=O)[C@@H]3C[C@@H](O)CN3C(=O)[C@@H](NC(=O)C3(C#N)CC3)C(C)(C)C)NN2)c1OCCSc1nc2ccccc2n1CC(=O)O. The second-order valence-electron chi connectivity index (χ2n) is 21.3. The summed E-state index contributed by atoms with van der Waals surface area (Å²) in [6.45, 7) is 13.6. The Balaban J connectivity index is 0.681. The van der Waals surface area contributed by atoms with Crippen LogP contribution in [0.15, 0.2) is 83.2 Å². The maximum Gasteiger partial charge on any atom is 0.323 e. The Morgan fingerprint density at radius 3 is 2.31 bits per heavy atom. The Morgan fingerprint density at radius 2 is 1.63 bits per heavy atom. The highest BCUT2D eigenvalue weighted by Crippen LogP contribution is 2.45. The normalized spacial score (nSPS) is 16.7. The predicted octanol–water partition coefficient (Wildman–Crippen LogP) is 5.14. The van der Waals surface area contributed by atoms with Crippen molar-refractivity contribution in [2.75, 3.05) is 91.5 Å². The lowest BCUT2D eigenvalue weighted by molar-refractivity contribution is -0.144. The minimum absolute atomic E-state index is 0.0321. The van der Waals surface area contributed by atoms with Gasteiger partial charge in [-0.1, -0.05) is 68.9 Å². The summed E-state index contributed by atoms with van der Waals surface area (Å²) in [6.07, 6.45) is 1.87. The van der Waals surface area contributed by atoms with E-state index < -0.39 is 52.7 Å².